The van der Waals surface area contributed by atoms with Gasteiger partial charge in [-0.05, 0) is 36.4 Å². The Hall–Kier alpha value is -3.02. The van der Waals surface area contributed by atoms with Crippen molar-refractivity contribution < 1.29 is 13.6 Å². The van der Waals surface area contributed by atoms with Gasteiger partial charge in [0.15, 0.2) is 0 Å². The normalized spacial score (nSPS) is 10.5. The number of anilines is 1. The van der Waals surface area contributed by atoms with Crippen LogP contribution in [-0.2, 0) is 6.42 Å². The van der Waals surface area contributed by atoms with Gasteiger partial charge in [0.25, 0.3) is 5.91 Å². The van der Waals surface area contributed by atoms with Crippen molar-refractivity contribution in [2.75, 3.05) is 5.32 Å². The van der Waals surface area contributed by atoms with Gasteiger partial charge >= 0.3 is 0 Å². The molecule has 0 spiro atoms. The Kier molecular flexibility index (Phi) is 4.14. The predicted molar refractivity (Wildman–Crippen MR) is 83.5 cm³/mol. The first-order chi connectivity index (χ1) is 11.2. The summed E-state index contributed by atoms with van der Waals surface area (Å²) >= 11 is 0. The van der Waals surface area contributed by atoms with Crippen LogP contribution >= 0.6 is 0 Å². The first kappa shape index (κ1) is 14.9. The molecule has 23 heavy (non-hydrogen) atoms. The molecule has 0 aliphatic rings. The van der Waals surface area contributed by atoms with Gasteiger partial charge in [0, 0.05) is 17.7 Å². The summed E-state index contributed by atoms with van der Waals surface area (Å²) < 4.78 is 19.0. The number of aryl methyl sites for hydroxylation is 1. The standard InChI is InChI=1S/C17H14FN3O2/c1-2-15-20-21-17(23-15)11-7-9-12(10-8-11)19-16(22)13-5-3-4-6-14(13)18/h3-10H,2H2,1H3,(H,19,22). The number of nitrogens with one attached hydrogen (secondary N) is 1. The van der Waals surface area contributed by atoms with Gasteiger partial charge < -0.3 is 9.73 Å². The highest BCUT2D eigenvalue weighted by molar-refractivity contribution is 6.04. The van der Waals surface area contributed by atoms with Gasteiger partial charge in [-0.15, -0.1) is 10.2 Å². The molecule has 116 valence electrons. The number of nitrogens with zero attached hydrogens (tertiary/aromatic N) is 2. The summed E-state index contributed by atoms with van der Waals surface area (Å²) in [6.45, 7) is 1.93. The molecule has 0 aliphatic carbocycles. The Bertz CT molecular complexity index is 828. The monoisotopic (exact) mass is 311 g/mol. The summed E-state index contributed by atoms with van der Waals surface area (Å²) in [7, 11) is 0. The number of hydrogen-bond donors (Lipinski definition) is 1. The summed E-state index contributed by atoms with van der Waals surface area (Å²) in [6.07, 6.45) is 0.670. The van der Waals surface area contributed by atoms with E-state index in [4.69, 9.17) is 4.42 Å². The molecule has 2 aromatic carbocycles. The quantitative estimate of drug-likeness (QED) is 0.798. The molecular formula is C17H14FN3O2. The van der Waals surface area contributed by atoms with Crippen LogP contribution in [-0.4, -0.2) is 16.1 Å². The zero-order chi connectivity index (χ0) is 16.2. The van der Waals surface area contributed by atoms with Gasteiger partial charge in [0.1, 0.15) is 5.82 Å². The van der Waals surface area contributed by atoms with Crippen LogP contribution < -0.4 is 5.32 Å². The smallest absolute Gasteiger partial charge is 0.258 e. The SMILES string of the molecule is CCc1nnc(-c2ccc(NC(=O)c3ccccc3F)cc2)o1. The van der Waals surface area contributed by atoms with Gasteiger partial charge in [-0.25, -0.2) is 4.39 Å². The molecule has 1 aromatic heterocycles. The van der Waals surface area contributed by atoms with Crippen LogP contribution in [0.1, 0.15) is 23.2 Å². The molecule has 1 N–H and O–H groups in total. The van der Waals surface area contributed by atoms with Gasteiger partial charge in [0.05, 0.1) is 5.56 Å². The van der Waals surface area contributed by atoms with Gasteiger partial charge in [0.2, 0.25) is 11.8 Å². The first-order valence-corrected chi connectivity index (χ1v) is 7.16. The first-order valence-electron chi connectivity index (χ1n) is 7.16. The lowest BCUT2D eigenvalue weighted by Gasteiger charge is -2.06. The van der Waals surface area contributed by atoms with E-state index in [1.54, 1.807) is 30.3 Å². The maximum absolute atomic E-state index is 13.6. The second-order valence-electron chi connectivity index (χ2n) is 4.87. The van der Waals surface area contributed by atoms with Crippen LogP contribution in [0.3, 0.4) is 0 Å². The van der Waals surface area contributed by atoms with E-state index in [0.717, 1.165) is 5.56 Å². The highest BCUT2D eigenvalue weighted by Crippen LogP contribution is 2.21. The number of carbonyl (C=O) groups is 1. The lowest BCUT2D eigenvalue weighted by molar-refractivity contribution is 0.102. The average Bonchev–Trinajstić information content (AvgIpc) is 3.05. The molecule has 0 unspecified atom stereocenters. The van der Waals surface area contributed by atoms with Crippen molar-refractivity contribution in [3.63, 3.8) is 0 Å². The van der Waals surface area contributed by atoms with E-state index in [1.807, 2.05) is 6.92 Å². The van der Waals surface area contributed by atoms with Crippen LogP contribution in [0.25, 0.3) is 11.5 Å². The van der Waals surface area contributed by atoms with Gasteiger partial charge in [-0.3, -0.25) is 4.79 Å². The van der Waals surface area contributed by atoms with Gasteiger partial charge in [-0.1, -0.05) is 19.1 Å². The Morgan fingerprint density at radius 1 is 1.13 bits per heavy atom. The molecule has 1 amide bonds. The molecule has 3 rings (SSSR count). The van der Waals surface area contributed by atoms with E-state index in [0.29, 0.717) is 23.9 Å². The lowest BCUT2D eigenvalue weighted by Crippen LogP contribution is -2.13. The Morgan fingerprint density at radius 2 is 1.87 bits per heavy atom. The van der Waals surface area contributed by atoms with Crippen LogP contribution in [0.2, 0.25) is 0 Å². The minimum Gasteiger partial charge on any atom is -0.421 e. The highest BCUT2D eigenvalue weighted by Gasteiger charge is 2.12. The second-order valence-corrected chi connectivity index (χ2v) is 4.87. The van der Waals surface area contributed by atoms with Crippen molar-refractivity contribution in [3.05, 3.63) is 65.8 Å². The molecule has 5 nitrogen and oxygen atoms in total. The number of aromatic nitrogens is 2. The molecule has 0 aliphatic heterocycles. The zero-order valence-electron chi connectivity index (χ0n) is 12.4. The summed E-state index contributed by atoms with van der Waals surface area (Å²) in [5.41, 5.74) is 1.30. The molecule has 0 saturated heterocycles. The van der Waals surface area contributed by atoms with Crippen LogP contribution in [0.15, 0.2) is 52.9 Å². The minimum atomic E-state index is -0.556. The second kappa shape index (κ2) is 6.39. The van der Waals surface area contributed by atoms with E-state index in [1.165, 1.54) is 18.2 Å². The third kappa shape index (κ3) is 3.26. The maximum atomic E-state index is 13.6. The Morgan fingerprint density at radius 3 is 2.52 bits per heavy atom. The third-order valence-electron chi connectivity index (χ3n) is 3.28. The number of benzene rings is 2. The fourth-order valence-electron chi connectivity index (χ4n) is 2.05. The van der Waals surface area contributed by atoms with E-state index in [9.17, 15) is 9.18 Å². The van der Waals surface area contributed by atoms with Crippen LogP contribution in [0.5, 0.6) is 0 Å². The van der Waals surface area contributed by atoms with Crippen molar-refractivity contribution in [1.82, 2.24) is 10.2 Å². The maximum Gasteiger partial charge on any atom is 0.258 e. The van der Waals surface area contributed by atoms with Crippen molar-refractivity contribution in [2.24, 2.45) is 0 Å². The third-order valence-corrected chi connectivity index (χ3v) is 3.28. The molecule has 0 radical (unpaired) electrons. The van der Waals surface area contributed by atoms with Crippen LogP contribution in [0, 0.1) is 5.82 Å². The molecular weight excluding hydrogens is 297 g/mol. The van der Waals surface area contributed by atoms with Crippen molar-refractivity contribution in [3.8, 4) is 11.5 Å². The number of amides is 1. The molecule has 0 saturated carbocycles. The van der Waals surface area contributed by atoms with Crippen LogP contribution in [0.4, 0.5) is 10.1 Å². The Labute approximate surface area is 132 Å². The van der Waals surface area contributed by atoms with Crippen molar-refractivity contribution in [1.29, 1.82) is 0 Å². The summed E-state index contributed by atoms with van der Waals surface area (Å²) in [5, 5.41) is 10.5. The van der Waals surface area contributed by atoms with Crippen molar-refractivity contribution in [2.45, 2.75) is 13.3 Å². The summed E-state index contributed by atoms with van der Waals surface area (Å²) in [4.78, 5) is 12.0. The molecule has 3 aromatic rings. The lowest BCUT2D eigenvalue weighted by atomic mass is 10.1. The van der Waals surface area contributed by atoms with Gasteiger partial charge in [-0.2, -0.15) is 0 Å². The van der Waals surface area contributed by atoms with E-state index >= 15 is 0 Å². The number of halogens is 1. The highest BCUT2D eigenvalue weighted by atomic mass is 19.1. The largest absolute Gasteiger partial charge is 0.421 e. The van der Waals surface area contributed by atoms with E-state index in [2.05, 4.69) is 15.5 Å². The molecule has 0 fully saturated rings. The fraction of sp³-hybridized carbons (Fsp3) is 0.118. The predicted octanol–water partition coefficient (Wildman–Crippen LogP) is 3.69. The molecule has 1 heterocycles. The Balaban J connectivity index is 1.75. The van der Waals surface area contributed by atoms with E-state index < -0.39 is 11.7 Å². The minimum absolute atomic E-state index is 0.000986. The molecule has 0 atom stereocenters. The zero-order valence-corrected chi connectivity index (χ0v) is 12.4. The molecule has 0 bridgehead atoms. The van der Waals surface area contributed by atoms with Crippen molar-refractivity contribution >= 4 is 11.6 Å². The molecule has 6 heteroatoms. The fourth-order valence-corrected chi connectivity index (χ4v) is 2.05. The topological polar surface area (TPSA) is 68.0 Å². The number of carbonyl (C=O) groups excluding carboxylic acids is 1. The van der Waals surface area contributed by atoms with E-state index in [-0.39, 0.29) is 5.56 Å². The summed E-state index contributed by atoms with van der Waals surface area (Å²) in [6, 6.07) is 12.7. The summed E-state index contributed by atoms with van der Waals surface area (Å²) in [5.74, 6) is -0.0627. The average molecular weight is 311 g/mol. The number of hydrogen-bond acceptors (Lipinski definition) is 4. The number of rotatable bonds is 4.